The predicted octanol–water partition coefficient (Wildman–Crippen LogP) is 2.99. The molecule has 0 spiro atoms. The molecule has 1 aliphatic rings. The van der Waals surface area contributed by atoms with Crippen molar-refractivity contribution in [2.45, 2.75) is 12.8 Å². The number of piperidine rings is 1. The van der Waals surface area contributed by atoms with Gasteiger partial charge >= 0.3 is 5.97 Å². The molecule has 0 saturated carbocycles. The van der Waals surface area contributed by atoms with Gasteiger partial charge in [0.1, 0.15) is 0 Å². The molecule has 19 heavy (non-hydrogen) atoms. The van der Waals surface area contributed by atoms with Crippen molar-refractivity contribution in [3.63, 3.8) is 0 Å². The summed E-state index contributed by atoms with van der Waals surface area (Å²) in [6.45, 7) is 0.923. The topological polar surface area (TPSA) is 57.6 Å². The average Bonchev–Trinajstić information content (AvgIpc) is 2.41. The van der Waals surface area contributed by atoms with Gasteiger partial charge in [-0.1, -0.05) is 0 Å². The molecular weight excluding hydrogens is 425 g/mol. The summed E-state index contributed by atoms with van der Waals surface area (Å²) in [7, 11) is 0. The van der Waals surface area contributed by atoms with E-state index in [1.165, 1.54) is 0 Å². The summed E-state index contributed by atoms with van der Waals surface area (Å²) in [5, 5.41) is 9.06. The molecule has 1 heterocycles. The van der Waals surface area contributed by atoms with Crippen LogP contribution in [0.3, 0.4) is 0 Å². The van der Waals surface area contributed by atoms with E-state index in [0.29, 0.717) is 25.1 Å². The normalized spacial score (nSPS) is 19.3. The minimum Gasteiger partial charge on any atom is -0.481 e. The monoisotopic (exact) mass is 437 g/mol. The molecule has 102 valence electrons. The number of aliphatic carboxylic acids is 1. The van der Waals surface area contributed by atoms with E-state index < -0.39 is 11.9 Å². The molecule has 0 radical (unpaired) electrons. The smallest absolute Gasteiger partial charge is 0.308 e. The maximum absolute atomic E-state index is 12.4. The van der Waals surface area contributed by atoms with E-state index in [1.807, 2.05) is 18.2 Å². The van der Waals surface area contributed by atoms with Crippen LogP contribution in [0.15, 0.2) is 22.7 Å². The van der Waals surface area contributed by atoms with Crippen molar-refractivity contribution in [2.24, 2.45) is 5.92 Å². The molecule has 6 heteroatoms. The summed E-state index contributed by atoms with van der Waals surface area (Å²) in [6.07, 6.45) is 1.39. The highest BCUT2D eigenvalue weighted by Crippen LogP contribution is 2.24. The number of halogens is 2. The van der Waals surface area contributed by atoms with Gasteiger partial charge in [0, 0.05) is 21.1 Å². The Labute approximate surface area is 133 Å². The summed E-state index contributed by atoms with van der Waals surface area (Å²) in [6, 6.07) is 5.57. The molecule has 1 aromatic carbocycles. The zero-order chi connectivity index (χ0) is 14.0. The fourth-order valence-electron chi connectivity index (χ4n) is 2.19. The van der Waals surface area contributed by atoms with Crippen molar-refractivity contribution >= 4 is 50.4 Å². The minimum absolute atomic E-state index is 0.101. The first kappa shape index (κ1) is 14.8. The van der Waals surface area contributed by atoms with Crippen LogP contribution in [0.4, 0.5) is 0 Å². The lowest BCUT2D eigenvalue weighted by atomic mass is 9.97. The van der Waals surface area contributed by atoms with Crippen molar-refractivity contribution in [1.82, 2.24) is 4.90 Å². The lowest BCUT2D eigenvalue weighted by Gasteiger charge is -2.31. The first-order valence-electron chi connectivity index (χ1n) is 5.96. The van der Waals surface area contributed by atoms with Crippen LogP contribution in [0.25, 0.3) is 0 Å². The quantitative estimate of drug-likeness (QED) is 0.723. The first-order chi connectivity index (χ1) is 8.99. The van der Waals surface area contributed by atoms with Gasteiger partial charge < -0.3 is 10.0 Å². The first-order valence-corrected chi connectivity index (χ1v) is 7.83. The van der Waals surface area contributed by atoms with Crippen molar-refractivity contribution in [1.29, 1.82) is 0 Å². The molecule has 1 fully saturated rings. The molecule has 1 aliphatic heterocycles. The molecule has 1 saturated heterocycles. The summed E-state index contributed by atoms with van der Waals surface area (Å²) < 4.78 is 1.73. The third kappa shape index (κ3) is 3.47. The number of rotatable bonds is 2. The van der Waals surface area contributed by atoms with Gasteiger partial charge in [-0.2, -0.15) is 0 Å². The number of carboxylic acid groups (broad SMARTS) is 1. The average molecular weight is 438 g/mol. The second kappa shape index (κ2) is 6.21. The molecule has 2 rings (SSSR count). The number of nitrogens with zero attached hydrogens (tertiary/aromatic N) is 1. The lowest BCUT2D eigenvalue weighted by Crippen LogP contribution is -2.42. The van der Waals surface area contributed by atoms with Crippen molar-refractivity contribution in [3.8, 4) is 0 Å². The van der Waals surface area contributed by atoms with E-state index >= 15 is 0 Å². The molecule has 1 amide bonds. The van der Waals surface area contributed by atoms with E-state index in [9.17, 15) is 9.59 Å². The van der Waals surface area contributed by atoms with Gasteiger partial charge in [-0.3, -0.25) is 9.59 Å². The van der Waals surface area contributed by atoms with Gasteiger partial charge in [-0.15, -0.1) is 0 Å². The number of hydrogen-bond acceptors (Lipinski definition) is 2. The Morgan fingerprint density at radius 2 is 2.16 bits per heavy atom. The number of likely N-dealkylation sites (tertiary alicyclic amines) is 1. The fourth-order valence-corrected chi connectivity index (χ4v) is 3.10. The molecule has 1 unspecified atom stereocenters. The van der Waals surface area contributed by atoms with Crippen LogP contribution >= 0.6 is 38.5 Å². The second-order valence-corrected chi connectivity index (χ2v) is 6.65. The van der Waals surface area contributed by atoms with Gasteiger partial charge in [0.2, 0.25) is 0 Å². The van der Waals surface area contributed by atoms with E-state index in [1.54, 1.807) is 4.90 Å². The number of amides is 1. The molecule has 4 nitrogen and oxygen atoms in total. The van der Waals surface area contributed by atoms with Gasteiger partial charge in [-0.05, 0) is 69.6 Å². The Hall–Kier alpha value is -0.630. The fraction of sp³-hybridized carbons (Fsp3) is 0.385. The standard InChI is InChI=1S/C13H13BrINO3/c14-11-4-3-9(15)6-10(11)12(17)16-5-1-2-8(7-16)13(18)19/h3-4,6,8H,1-2,5,7H2,(H,18,19). The Morgan fingerprint density at radius 3 is 2.84 bits per heavy atom. The third-order valence-electron chi connectivity index (χ3n) is 3.22. The van der Waals surface area contributed by atoms with Crippen LogP contribution in [0.1, 0.15) is 23.2 Å². The summed E-state index contributed by atoms with van der Waals surface area (Å²) in [5.74, 6) is -1.37. The highest BCUT2D eigenvalue weighted by molar-refractivity contribution is 14.1. The Balaban J connectivity index is 2.19. The third-order valence-corrected chi connectivity index (χ3v) is 4.58. The summed E-state index contributed by atoms with van der Waals surface area (Å²) >= 11 is 5.53. The van der Waals surface area contributed by atoms with E-state index in [0.717, 1.165) is 14.5 Å². The molecule has 1 N–H and O–H groups in total. The second-order valence-electron chi connectivity index (χ2n) is 4.55. The van der Waals surface area contributed by atoms with Crippen LogP contribution in [-0.4, -0.2) is 35.0 Å². The molecule has 0 aliphatic carbocycles. The number of carbonyl (C=O) groups is 2. The van der Waals surface area contributed by atoms with Gasteiger partial charge in [0.05, 0.1) is 11.5 Å². The largest absolute Gasteiger partial charge is 0.481 e. The van der Waals surface area contributed by atoms with Crippen molar-refractivity contribution < 1.29 is 14.7 Å². The molecular formula is C13H13BrINO3. The molecule has 1 aromatic rings. The zero-order valence-corrected chi connectivity index (χ0v) is 13.8. The highest BCUT2D eigenvalue weighted by atomic mass is 127. The number of hydrogen-bond donors (Lipinski definition) is 1. The van der Waals surface area contributed by atoms with Gasteiger partial charge in [0.15, 0.2) is 0 Å². The van der Waals surface area contributed by atoms with Crippen LogP contribution in [0.5, 0.6) is 0 Å². The summed E-state index contributed by atoms with van der Waals surface area (Å²) in [4.78, 5) is 25.1. The molecule has 1 atom stereocenters. The van der Waals surface area contributed by atoms with E-state index in [-0.39, 0.29) is 5.91 Å². The van der Waals surface area contributed by atoms with Crippen molar-refractivity contribution in [2.75, 3.05) is 13.1 Å². The highest BCUT2D eigenvalue weighted by Gasteiger charge is 2.29. The van der Waals surface area contributed by atoms with E-state index in [2.05, 4.69) is 38.5 Å². The maximum atomic E-state index is 12.4. The van der Waals surface area contributed by atoms with Gasteiger partial charge in [-0.25, -0.2) is 0 Å². The van der Waals surface area contributed by atoms with Crippen LogP contribution < -0.4 is 0 Å². The molecule has 0 aromatic heterocycles. The van der Waals surface area contributed by atoms with Crippen LogP contribution in [0.2, 0.25) is 0 Å². The van der Waals surface area contributed by atoms with E-state index in [4.69, 9.17) is 5.11 Å². The lowest BCUT2D eigenvalue weighted by molar-refractivity contribution is -0.143. The maximum Gasteiger partial charge on any atom is 0.308 e. The number of carboxylic acids is 1. The number of benzene rings is 1. The Bertz CT molecular complexity index is 521. The number of carbonyl (C=O) groups excluding carboxylic acids is 1. The van der Waals surface area contributed by atoms with Crippen LogP contribution in [0, 0.1) is 9.49 Å². The Morgan fingerprint density at radius 1 is 1.42 bits per heavy atom. The van der Waals surface area contributed by atoms with Gasteiger partial charge in [0.25, 0.3) is 5.91 Å². The predicted molar refractivity (Wildman–Crippen MR) is 83.1 cm³/mol. The summed E-state index contributed by atoms with van der Waals surface area (Å²) in [5.41, 5.74) is 0.595. The minimum atomic E-state index is -0.820. The molecule has 0 bridgehead atoms. The zero-order valence-electron chi connectivity index (χ0n) is 10.1. The van der Waals surface area contributed by atoms with Crippen molar-refractivity contribution in [3.05, 3.63) is 31.8 Å². The Kier molecular flexibility index (Phi) is 4.83. The van der Waals surface area contributed by atoms with Crippen LogP contribution in [-0.2, 0) is 4.79 Å². The SMILES string of the molecule is O=C(O)C1CCCN(C(=O)c2cc(I)ccc2Br)C1.